The van der Waals surface area contributed by atoms with Gasteiger partial charge in [0.2, 0.25) is 0 Å². The molecular weight excluding hydrogens is 410 g/mol. The molecule has 0 bridgehead atoms. The third kappa shape index (κ3) is 5.55. The molecule has 31 heavy (non-hydrogen) atoms. The summed E-state index contributed by atoms with van der Waals surface area (Å²) in [5.74, 6) is -0.0309. The molecule has 2 aliphatic heterocycles. The Hall–Kier alpha value is -2.61. The Balaban J connectivity index is 1.53. The molecule has 2 heterocycles. The number of aliphatic imine (C=N–C) groups is 1. The van der Waals surface area contributed by atoms with Crippen molar-refractivity contribution in [2.75, 3.05) is 51.0 Å². The van der Waals surface area contributed by atoms with Crippen LogP contribution in [-0.2, 0) is 14.3 Å². The first-order valence-corrected chi connectivity index (χ1v) is 11.4. The number of thioether (sulfide) groups is 1. The van der Waals surface area contributed by atoms with E-state index in [1.165, 1.54) is 17.4 Å². The molecule has 0 saturated carbocycles. The van der Waals surface area contributed by atoms with Gasteiger partial charge in [0, 0.05) is 25.4 Å². The van der Waals surface area contributed by atoms with Gasteiger partial charge in [-0.15, -0.1) is 0 Å². The summed E-state index contributed by atoms with van der Waals surface area (Å²) in [7, 11) is 0. The number of amidine groups is 1. The zero-order valence-electron chi connectivity index (χ0n) is 17.7. The van der Waals surface area contributed by atoms with Crippen LogP contribution in [0.5, 0.6) is 0 Å². The highest BCUT2D eigenvalue weighted by molar-refractivity contribution is 8.18. The van der Waals surface area contributed by atoms with Crippen molar-refractivity contribution in [2.45, 2.75) is 6.92 Å². The van der Waals surface area contributed by atoms with E-state index in [1.807, 2.05) is 43.3 Å². The Morgan fingerprint density at radius 3 is 2.55 bits per heavy atom. The normalized spacial score (nSPS) is 19.6. The average Bonchev–Trinajstić information content (AvgIpc) is 3.10. The van der Waals surface area contributed by atoms with Gasteiger partial charge in [-0.25, -0.2) is 4.99 Å². The third-order valence-corrected chi connectivity index (χ3v) is 6.11. The number of hydrogen-bond acceptors (Lipinski definition) is 6. The summed E-state index contributed by atoms with van der Waals surface area (Å²) in [4.78, 5) is 22.5. The minimum Gasteiger partial charge on any atom is -0.380 e. The minimum atomic E-state index is -0.0309. The number of rotatable bonds is 7. The van der Waals surface area contributed by atoms with Gasteiger partial charge in [0.25, 0.3) is 5.91 Å². The highest BCUT2D eigenvalue weighted by atomic mass is 32.2. The molecule has 0 radical (unpaired) electrons. The predicted molar refractivity (Wildman–Crippen MR) is 127 cm³/mol. The number of carbonyl (C=O) groups excluding carboxylic acids is 1. The molecule has 6 nitrogen and oxygen atoms in total. The van der Waals surface area contributed by atoms with Gasteiger partial charge < -0.3 is 14.4 Å². The van der Waals surface area contributed by atoms with Crippen molar-refractivity contribution in [2.24, 2.45) is 4.99 Å². The summed E-state index contributed by atoms with van der Waals surface area (Å²) in [5, 5.41) is 0.687. The molecule has 4 rings (SSSR count). The smallest absolute Gasteiger partial charge is 0.266 e. The fourth-order valence-corrected chi connectivity index (χ4v) is 4.48. The molecule has 0 atom stereocenters. The summed E-state index contributed by atoms with van der Waals surface area (Å²) in [6, 6.07) is 18.0. The van der Waals surface area contributed by atoms with Crippen molar-refractivity contribution in [3.63, 3.8) is 0 Å². The van der Waals surface area contributed by atoms with Crippen LogP contribution in [0, 0.1) is 0 Å². The monoisotopic (exact) mass is 437 g/mol. The van der Waals surface area contributed by atoms with Crippen LogP contribution in [0.3, 0.4) is 0 Å². The number of para-hydroxylation sites is 1. The van der Waals surface area contributed by atoms with Crippen LogP contribution in [0.1, 0.15) is 12.5 Å². The van der Waals surface area contributed by atoms with Crippen LogP contribution in [0.15, 0.2) is 64.5 Å². The quantitative estimate of drug-likeness (QED) is 0.481. The second-order valence-electron chi connectivity index (χ2n) is 7.19. The molecule has 0 spiro atoms. The van der Waals surface area contributed by atoms with Crippen molar-refractivity contribution in [1.29, 1.82) is 0 Å². The number of ether oxygens (including phenoxy) is 2. The average molecular weight is 438 g/mol. The maximum Gasteiger partial charge on any atom is 0.266 e. The molecule has 0 unspecified atom stereocenters. The third-order valence-electron chi connectivity index (χ3n) is 5.10. The van der Waals surface area contributed by atoms with Crippen molar-refractivity contribution in [3.8, 4) is 0 Å². The molecule has 0 N–H and O–H groups in total. The summed E-state index contributed by atoms with van der Waals surface area (Å²) >= 11 is 1.41. The lowest BCUT2D eigenvalue weighted by Crippen LogP contribution is -2.36. The number of anilines is 1. The van der Waals surface area contributed by atoms with Gasteiger partial charge in [-0.05, 0) is 54.6 Å². The van der Waals surface area contributed by atoms with E-state index in [0.717, 1.165) is 37.6 Å². The van der Waals surface area contributed by atoms with Gasteiger partial charge in [0.05, 0.1) is 37.0 Å². The van der Waals surface area contributed by atoms with Crippen LogP contribution >= 0.6 is 11.8 Å². The van der Waals surface area contributed by atoms with Gasteiger partial charge in [-0.1, -0.05) is 30.3 Å². The number of amides is 1. The number of nitrogens with zero attached hydrogens (tertiary/aromatic N) is 3. The van der Waals surface area contributed by atoms with E-state index in [1.54, 1.807) is 4.90 Å². The van der Waals surface area contributed by atoms with Crippen molar-refractivity contribution < 1.29 is 14.3 Å². The Kier molecular flexibility index (Phi) is 7.40. The number of hydrogen-bond donors (Lipinski definition) is 0. The SMILES string of the molecule is CCOCCN1C(=O)C(=Cc2ccc(N3CCOCC3)cc2)SC1=Nc1ccccc1. The summed E-state index contributed by atoms with van der Waals surface area (Å²) in [5.41, 5.74) is 3.01. The molecule has 0 aliphatic carbocycles. The minimum absolute atomic E-state index is 0.0309. The Labute approximate surface area is 187 Å². The lowest BCUT2D eigenvalue weighted by Gasteiger charge is -2.28. The first-order chi connectivity index (χ1) is 15.2. The lowest BCUT2D eigenvalue weighted by atomic mass is 10.1. The highest BCUT2D eigenvalue weighted by Gasteiger charge is 2.33. The van der Waals surface area contributed by atoms with Gasteiger partial charge in [-0.2, -0.15) is 0 Å². The number of morpholine rings is 1. The molecular formula is C24H27N3O3S. The van der Waals surface area contributed by atoms with Crippen molar-refractivity contribution in [1.82, 2.24) is 4.90 Å². The molecule has 0 aromatic heterocycles. The van der Waals surface area contributed by atoms with E-state index in [-0.39, 0.29) is 5.91 Å². The van der Waals surface area contributed by atoms with Crippen molar-refractivity contribution >= 4 is 40.3 Å². The molecule has 2 fully saturated rings. The van der Waals surface area contributed by atoms with Gasteiger partial charge in [-0.3, -0.25) is 9.69 Å². The Bertz CT molecular complexity index is 938. The van der Waals surface area contributed by atoms with E-state index in [2.05, 4.69) is 29.2 Å². The van der Waals surface area contributed by atoms with Crippen molar-refractivity contribution in [3.05, 3.63) is 65.1 Å². The molecule has 2 aliphatic rings. The van der Waals surface area contributed by atoms with Gasteiger partial charge in [0.1, 0.15) is 0 Å². The molecule has 2 saturated heterocycles. The zero-order chi connectivity index (χ0) is 21.5. The summed E-state index contributed by atoms with van der Waals surface area (Å²) in [6.45, 7) is 6.88. The topological polar surface area (TPSA) is 54.4 Å². The number of carbonyl (C=O) groups is 1. The van der Waals surface area contributed by atoms with Crippen LogP contribution in [0.2, 0.25) is 0 Å². The van der Waals surface area contributed by atoms with Crippen LogP contribution in [0.4, 0.5) is 11.4 Å². The highest BCUT2D eigenvalue weighted by Crippen LogP contribution is 2.34. The van der Waals surface area contributed by atoms with Crippen LogP contribution in [-0.4, -0.2) is 62.0 Å². The van der Waals surface area contributed by atoms with E-state index >= 15 is 0 Å². The van der Waals surface area contributed by atoms with Gasteiger partial charge in [0.15, 0.2) is 5.17 Å². The standard InChI is InChI=1S/C24H27N3O3S/c1-2-29-17-14-27-23(28)22(31-24(27)25-20-6-4-3-5-7-20)18-19-8-10-21(11-9-19)26-12-15-30-16-13-26/h3-11,18H,2,12-17H2,1H3. The van der Waals surface area contributed by atoms with E-state index in [4.69, 9.17) is 14.5 Å². The second kappa shape index (κ2) is 10.6. The maximum atomic E-state index is 13.1. The maximum absolute atomic E-state index is 13.1. The first kappa shape index (κ1) is 21.6. The summed E-state index contributed by atoms with van der Waals surface area (Å²) < 4.78 is 10.9. The summed E-state index contributed by atoms with van der Waals surface area (Å²) in [6.07, 6.45) is 1.94. The van der Waals surface area contributed by atoms with Crippen LogP contribution < -0.4 is 4.90 Å². The van der Waals surface area contributed by atoms with E-state index in [9.17, 15) is 4.79 Å². The molecule has 2 aromatic carbocycles. The largest absolute Gasteiger partial charge is 0.380 e. The second-order valence-corrected chi connectivity index (χ2v) is 8.19. The predicted octanol–water partition coefficient (Wildman–Crippen LogP) is 4.16. The van der Waals surface area contributed by atoms with Crippen LogP contribution in [0.25, 0.3) is 6.08 Å². The molecule has 1 amide bonds. The first-order valence-electron chi connectivity index (χ1n) is 10.6. The number of benzene rings is 2. The van der Waals surface area contributed by atoms with E-state index in [0.29, 0.717) is 29.8 Å². The lowest BCUT2D eigenvalue weighted by molar-refractivity contribution is -0.122. The Morgan fingerprint density at radius 2 is 1.84 bits per heavy atom. The van der Waals surface area contributed by atoms with Gasteiger partial charge >= 0.3 is 0 Å². The molecule has 162 valence electrons. The fraction of sp³-hybridized carbons (Fsp3) is 0.333. The molecule has 2 aromatic rings. The molecule has 7 heteroatoms. The fourth-order valence-electron chi connectivity index (χ4n) is 3.46. The Morgan fingerprint density at radius 1 is 1.10 bits per heavy atom. The zero-order valence-corrected chi connectivity index (χ0v) is 18.5. The van der Waals surface area contributed by atoms with E-state index < -0.39 is 0 Å².